The molecule has 8 nitrogen and oxygen atoms in total. The van der Waals surface area contributed by atoms with E-state index in [1.807, 2.05) is 5.38 Å². The standard InChI is InChI=1S/C18H18ClN3O5S2/c1-11-17(23)20-14-8-13(19)16(9-15(14)27-11)29(25,26)22-5-3-21(4-6-22)18(24)12-2-7-28-10-12/h2,7-11H,3-6H2,1H3,(H,20,23)/t11-/m1/s1. The number of ether oxygens (including phenoxy) is 1. The number of sulfonamides is 1. The molecule has 1 atom stereocenters. The maximum Gasteiger partial charge on any atom is 0.265 e. The van der Waals surface area contributed by atoms with Crippen LogP contribution < -0.4 is 10.1 Å². The second-order valence-electron chi connectivity index (χ2n) is 6.74. The van der Waals surface area contributed by atoms with Gasteiger partial charge >= 0.3 is 0 Å². The largest absolute Gasteiger partial charge is 0.479 e. The summed E-state index contributed by atoms with van der Waals surface area (Å²) in [5.41, 5.74) is 0.945. The van der Waals surface area contributed by atoms with Crippen LogP contribution in [0.2, 0.25) is 5.02 Å². The zero-order chi connectivity index (χ0) is 20.8. The lowest BCUT2D eigenvalue weighted by Crippen LogP contribution is -2.50. The van der Waals surface area contributed by atoms with Crippen LogP contribution >= 0.6 is 22.9 Å². The normalized spacial score (nSPS) is 20.0. The first-order chi connectivity index (χ1) is 13.8. The van der Waals surface area contributed by atoms with Crippen molar-refractivity contribution in [2.75, 3.05) is 31.5 Å². The van der Waals surface area contributed by atoms with Crippen LogP contribution in [-0.4, -0.2) is 61.7 Å². The van der Waals surface area contributed by atoms with Crippen LogP contribution in [0.4, 0.5) is 5.69 Å². The second-order valence-corrected chi connectivity index (χ2v) is 9.83. The molecule has 4 rings (SSSR count). The molecular formula is C18H18ClN3O5S2. The molecule has 0 spiro atoms. The van der Waals surface area contributed by atoms with Gasteiger partial charge in [0.2, 0.25) is 10.0 Å². The monoisotopic (exact) mass is 455 g/mol. The van der Waals surface area contributed by atoms with Gasteiger partial charge in [-0.1, -0.05) is 11.6 Å². The number of rotatable bonds is 3. The summed E-state index contributed by atoms with van der Waals surface area (Å²) in [6.07, 6.45) is -0.731. The minimum atomic E-state index is -3.89. The second kappa shape index (κ2) is 7.60. The van der Waals surface area contributed by atoms with Crippen molar-refractivity contribution in [3.63, 3.8) is 0 Å². The van der Waals surface area contributed by atoms with E-state index in [9.17, 15) is 18.0 Å². The summed E-state index contributed by atoms with van der Waals surface area (Å²) in [5, 5.41) is 6.25. The fraction of sp³-hybridized carbons (Fsp3) is 0.333. The lowest BCUT2D eigenvalue weighted by atomic mass is 10.2. The van der Waals surface area contributed by atoms with Crippen molar-refractivity contribution < 1.29 is 22.7 Å². The number of piperazine rings is 1. The number of anilines is 1. The van der Waals surface area contributed by atoms with E-state index in [1.165, 1.54) is 27.8 Å². The Bertz CT molecular complexity index is 1060. The number of hydrogen-bond acceptors (Lipinski definition) is 6. The molecular weight excluding hydrogens is 438 g/mol. The van der Waals surface area contributed by atoms with Gasteiger partial charge in [-0.3, -0.25) is 9.59 Å². The Morgan fingerprint density at radius 1 is 1.28 bits per heavy atom. The molecule has 2 aliphatic heterocycles. The molecule has 0 radical (unpaired) electrons. The van der Waals surface area contributed by atoms with Crippen LogP contribution in [0.25, 0.3) is 0 Å². The molecule has 1 fully saturated rings. The molecule has 2 aromatic rings. The molecule has 0 unspecified atom stereocenters. The molecule has 1 aromatic carbocycles. The third-order valence-corrected chi connectivity index (χ3v) is 7.92. The van der Waals surface area contributed by atoms with Crippen molar-refractivity contribution >= 4 is 50.5 Å². The van der Waals surface area contributed by atoms with E-state index >= 15 is 0 Å². The SMILES string of the molecule is C[C@H]1Oc2cc(S(=O)(=O)N3CCN(C(=O)c4ccsc4)CC3)c(Cl)cc2NC1=O. The van der Waals surface area contributed by atoms with E-state index in [0.717, 1.165) is 0 Å². The molecule has 29 heavy (non-hydrogen) atoms. The fourth-order valence-corrected chi connectivity index (χ4v) is 5.81. The summed E-state index contributed by atoms with van der Waals surface area (Å²) < 4.78 is 33.1. The average molecular weight is 456 g/mol. The summed E-state index contributed by atoms with van der Waals surface area (Å²) in [7, 11) is -3.89. The molecule has 154 valence electrons. The molecule has 1 aromatic heterocycles. The Kier molecular flexibility index (Phi) is 5.28. The molecule has 3 heterocycles. The van der Waals surface area contributed by atoms with E-state index in [1.54, 1.807) is 23.3 Å². The van der Waals surface area contributed by atoms with Gasteiger partial charge in [-0.15, -0.1) is 0 Å². The van der Waals surface area contributed by atoms with Crippen molar-refractivity contribution in [3.8, 4) is 5.75 Å². The number of nitrogens with zero attached hydrogens (tertiary/aromatic N) is 2. The fourth-order valence-electron chi connectivity index (χ4n) is 3.25. The Balaban J connectivity index is 1.53. The van der Waals surface area contributed by atoms with E-state index in [2.05, 4.69) is 5.32 Å². The predicted molar refractivity (Wildman–Crippen MR) is 109 cm³/mol. The Hall–Kier alpha value is -2.14. The Morgan fingerprint density at radius 3 is 2.66 bits per heavy atom. The zero-order valence-electron chi connectivity index (χ0n) is 15.4. The minimum absolute atomic E-state index is 0.000942. The van der Waals surface area contributed by atoms with Crippen molar-refractivity contribution in [2.45, 2.75) is 17.9 Å². The first-order valence-corrected chi connectivity index (χ1v) is 11.7. The highest BCUT2D eigenvalue weighted by atomic mass is 35.5. The van der Waals surface area contributed by atoms with E-state index < -0.39 is 16.1 Å². The van der Waals surface area contributed by atoms with Gasteiger partial charge in [0.1, 0.15) is 10.6 Å². The van der Waals surface area contributed by atoms with Gasteiger partial charge in [-0.05, 0) is 24.4 Å². The average Bonchev–Trinajstić information content (AvgIpc) is 3.23. The van der Waals surface area contributed by atoms with Crippen LogP contribution in [0.3, 0.4) is 0 Å². The zero-order valence-corrected chi connectivity index (χ0v) is 17.8. The van der Waals surface area contributed by atoms with Gasteiger partial charge in [-0.25, -0.2) is 8.42 Å². The number of hydrogen-bond donors (Lipinski definition) is 1. The number of amides is 2. The quantitative estimate of drug-likeness (QED) is 0.765. The highest BCUT2D eigenvalue weighted by Crippen LogP contribution is 2.38. The topological polar surface area (TPSA) is 96.0 Å². The minimum Gasteiger partial charge on any atom is -0.479 e. The van der Waals surface area contributed by atoms with Crippen molar-refractivity contribution in [2.24, 2.45) is 0 Å². The first kappa shape index (κ1) is 20.1. The Morgan fingerprint density at radius 2 is 2.00 bits per heavy atom. The van der Waals surface area contributed by atoms with Gasteiger partial charge in [0.25, 0.3) is 11.8 Å². The van der Waals surface area contributed by atoms with Gasteiger partial charge in [0.15, 0.2) is 6.10 Å². The maximum absolute atomic E-state index is 13.1. The van der Waals surface area contributed by atoms with Gasteiger partial charge in [0.05, 0.1) is 16.3 Å². The van der Waals surface area contributed by atoms with Crippen LogP contribution in [0.5, 0.6) is 5.75 Å². The number of halogens is 1. The van der Waals surface area contributed by atoms with Gasteiger partial charge in [0, 0.05) is 37.6 Å². The molecule has 0 bridgehead atoms. The third kappa shape index (κ3) is 3.73. The Labute approximate surface area is 177 Å². The highest BCUT2D eigenvalue weighted by Gasteiger charge is 2.34. The van der Waals surface area contributed by atoms with Gasteiger partial charge < -0.3 is 15.0 Å². The number of carbonyl (C=O) groups excluding carboxylic acids is 2. The van der Waals surface area contributed by atoms with E-state index in [0.29, 0.717) is 24.3 Å². The van der Waals surface area contributed by atoms with Crippen molar-refractivity contribution in [1.29, 1.82) is 0 Å². The third-order valence-electron chi connectivity index (χ3n) is 4.88. The number of nitrogens with one attached hydrogen (secondary N) is 1. The predicted octanol–water partition coefficient (Wildman–Crippen LogP) is 2.27. The molecule has 0 aliphatic carbocycles. The summed E-state index contributed by atoms with van der Waals surface area (Å²) in [5.74, 6) is -0.171. The molecule has 2 amide bonds. The molecule has 1 N–H and O–H groups in total. The van der Waals surface area contributed by atoms with Crippen LogP contribution in [0, 0.1) is 0 Å². The summed E-state index contributed by atoms with van der Waals surface area (Å²) in [6, 6.07) is 4.47. The van der Waals surface area contributed by atoms with Crippen molar-refractivity contribution in [3.05, 3.63) is 39.5 Å². The number of thiophene rings is 1. The maximum atomic E-state index is 13.1. The first-order valence-electron chi connectivity index (χ1n) is 8.90. The van der Waals surface area contributed by atoms with Gasteiger partial charge in [-0.2, -0.15) is 15.6 Å². The van der Waals surface area contributed by atoms with Crippen molar-refractivity contribution in [1.82, 2.24) is 9.21 Å². The summed E-state index contributed by atoms with van der Waals surface area (Å²) in [4.78, 5) is 25.7. The molecule has 2 aliphatic rings. The van der Waals surface area contributed by atoms with E-state index in [-0.39, 0.29) is 40.6 Å². The number of carbonyl (C=O) groups is 2. The summed E-state index contributed by atoms with van der Waals surface area (Å²) >= 11 is 7.66. The van der Waals surface area contributed by atoms with Crippen LogP contribution in [0.15, 0.2) is 33.9 Å². The van der Waals surface area contributed by atoms with Crippen LogP contribution in [-0.2, 0) is 14.8 Å². The molecule has 0 saturated carbocycles. The number of fused-ring (bicyclic) bond motifs is 1. The highest BCUT2D eigenvalue weighted by molar-refractivity contribution is 7.89. The van der Waals surface area contributed by atoms with E-state index in [4.69, 9.17) is 16.3 Å². The smallest absolute Gasteiger partial charge is 0.265 e. The molecule has 11 heteroatoms. The lowest BCUT2D eigenvalue weighted by molar-refractivity contribution is -0.122. The number of benzene rings is 1. The molecule has 1 saturated heterocycles. The van der Waals surface area contributed by atoms with Crippen LogP contribution in [0.1, 0.15) is 17.3 Å². The lowest BCUT2D eigenvalue weighted by Gasteiger charge is -2.34. The summed E-state index contributed by atoms with van der Waals surface area (Å²) in [6.45, 7) is 2.49.